The minimum Gasteiger partial charge on any atom is -0.323 e. The Morgan fingerprint density at radius 1 is 1.58 bits per heavy atom. The molecule has 0 aliphatic carbocycles. The molecular formula is C9H16FOP. The summed E-state index contributed by atoms with van der Waals surface area (Å²) in [5.74, 6) is 0. The predicted octanol–water partition coefficient (Wildman–Crippen LogP) is 3.06. The molecule has 0 aromatic rings. The monoisotopic (exact) mass is 190 g/mol. The van der Waals surface area contributed by atoms with Gasteiger partial charge in [0.25, 0.3) is 0 Å². The van der Waals surface area contributed by atoms with Gasteiger partial charge in [0.2, 0.25) is 0 Å². The van der Waals surface area contributed by atoms with Crippen molar-refractivity contribution in [2.45, 2.75) is 25.4 Å². The molecule has 0 aromatic carbocycles. The Morgan fingerprint density at radius 3 is 3.00 bits per heavy atom. The summed E-state index contributed by atoms with van der Waals surface area (Å²) in [7, 11) is -2.21. The van der Waals surface area contributed by atoms with Gasteiger partial charge in [-0.3, -0.25) is 0 Å². The van der Waals surface area contributed by atoms with Crippen molar-refractivity contribution >= 4 is 7.14 Å². The Morgan fingerprint density at radius 2 is 2.33 bits per heavy atom. The molecule has 1 saturated heterocycles. The van der Waals surface area contributed by atoms with Crippen molar-refractivity contribution in [3.05, 3.63) is 12.7 Å². The highest BCUT2D eigenvalue weighted by atomic mass is 31.2. The molecule has 2 unspecified atom stereocenters. The van der Waals surface area contributed by atoms with E-state index < -0.39 is 13.3 Å². The van der Waals surface area contributed by atoms with Crippen molar-refractivity contribution in [2.75, 3.05) is 18.5 Å². The normalized spacial score (nSPS) is 37.2. The molecule has 0 amide bonds. The fraction of sp³-hybridized carbons (Fsp3) is 0.778. The number of rotatable bonds is 2. The summed E-state index contributed by atoms with van der Waals surface area (Å²) >= 11 is 0. The standard InChI is InChI=1S/C9H16FOP/c1-2-6-12(11)7-4-3-5-9(10)8-12/h2,9H,1,3-8H2. The van der Waals surface area contributed by atoms with Crippen molar-refractivity contribution in [3.8, 4) is 0 Å². The third kappa shape index (κ3) is 2.75. The molecule has 0 spiro atoms. The topological polar surface area (TPSA) is 17.1 Å². The van der Waals surface area contributed by atoms with Gasteiger partial charge in [-0.2, -0.15) is 0 Å². The van der Waals surface area contributed by atoms with Crippen LogP contribution < -0.4 is 0 Å². The van der Waals surface area contributed by atoms with Crippen molar-refractivity contribution in [3.63, 3.8) is 0 Å². The van der Waals surface area contributed by atoms with Crippen LogP contribution in [0.25, 0.3) is 0 Å². The van der Waals surface area contributed by atoms with Crippen LogP contribution in [-0.4, -0.2) is 24.7 Å². The second-order valence-electron chi connectivity index (χ2n) is 3.53. The van der Waals surface area contributed by atoms with E-state index >= 15 is 0 Å². The number of allylic oxidation sites excluding steroid dienone is 1. The average molecular weight is 190 g/mol. The molecule has 0 aromatic heterocycles. The Bertz CT molecular complexity index is 203. The summed E-state index contributed by atoms with van der Waals surface area (Å²) in [5.41, 5.74) is 0. The summed E-state index contributed by atoms with van der Waals surface area (Å²) in [4.78, 5) is 0. The lowest BCUT2D eigenvalue weighted by Gasteiger charge is -2.14. The van der Waals surface area contributed by atoms with Gasteiger partial charge in [-0.25, -0.2) is 4.39 Å². The summed E-state index contributed by atoms with van der Waals surface area (Å²) in [6, 6.07) is 0. The minimum absolute atomic E-state index is 0.291. The lowest BCUT2D eigenvalue weighted by atomic mass is 10.2. The first-order chi connectivity index (χ1) is 5.66. The maximum Gasteiger partial charge on any atom is 0.107 e. The molecule has 0 radical (unpaired) electrons. The molecule has 1 nitrogen and oxygen atoms in total. The molecule has 1 aliphatic heterocycles. The van der Waals surface area contributed by atoms with E-state index in [4.69, 9.17) is 0 Å². The molecule has 0 saturated carbocycles. The molecule has 0 bridgehead atoms. The van der Waals surface area contributed by atoms with Gasteiger partial charge in [0.15, 0.2) is 0 Å². The van der Waals surface area contributed by atoms with Crippen LogP contribution in [0.3, 0.4) is 0 Å². The van der Waals surface area contributed by atoms with Gasteiger partial charge in [-0.1, -0.05) is 12.5 Å². The van der Waals surface area contributed by atoms with E-state index in [0.29, 0.717) is 18.7 Å². The Hall–Kier alpha value is -0.100. The second kappa shape index (κ2) is 4.23. The summed E-state index contributed by atoms with van der Waals surface area (Å²) in [6.07, 6.45) is 4.78. The van der Waals surface area contributed by atoms with Crippen LogP contribution in [0.4, 0.5) is 4.39 Å². The van der Waals surface area contributed by atoms with Gasteiger partial charge in [0.1, 0.15) is 6.17 Å². The number of hydrogen-bond donors (Lipinski definition) is 0. The average Bonchev–Trinajstić information content (AvgIpc) is 2.12. The smallest absolute Gasteiger partial charge is 0.107 e. The van der Waals surface area contributed by atoms with E-state index in [9.17, 15) is 8.96 Å². The number of alkyl halides is 1. The highest BCUT2D eigenvalue weighted by molar-refractivity contribution is 7.64. The largest absolute Gasteiger partial charge is 0.323 e. The molecule has 1 fully saturated rings. The summed E-state index contributed by atoms with van der Waals surface area (Å²) in [6.45, 7) is 3.56. The van der Waals surface area contributed by atoms with Gasteiger partial charge in [0, 0.05) is 18.5 Å². The van der Waals surface area contributed by atoms with Gasteiger partial charge >= 0.3 is 0 Å². The van der Waals surface area contributed by atoms with E-state index in [-0.39, 0.29) is 0 Å². The van der Waals surface area contributed by atoms with Crippen LogP contribution in [-0.2, 0) is 4.57 Å². The van der Waals surface area contributed by atoms with E-state index in [1.165, 1.54) is 0 Å². The molecule has 70 valence electrons. The molecule has 12 heavy (non-hydrogen) atoms. The quantitative estimate of drug-likeness (QED) is 0.483. The maximum atomic E-state index is 13.1. The summed E-state index contributed by atoms with van der Waals surface area (Å²) < 4.78 is 25.0. The van der Waals surface area contributed by atoms with Crippen molar-refractivity contribution in [2.24, 2.45) is 0 Å². The number of halogens is 1. The predicted molar refractivity (Wildman–Crippen MR) is 51.2 cm³/mol. The van der Waals surface area contributed by atoms with Crippen LogP contribution >= 0.6 is 7.14 Å². The highest BCUT2D eigenvalue weighted by Gasteiger charge is 2.27. The Kier molecular flexibility index (Phi) is 3.52. The maximum absolute atomic E-state index is 13.1. The fourth-order valence-electron chi connectivity index (χ4n) is 1.71. The lowest BCUT2D eigenvalue weighted by Crippen LogP contribution is -2.06. The SMILES string of the molecule is C=CCP1(=O)CCCCC(F)C1. The van der Waals surface area contributed by atoms with E-state index in [0.717, 1.165) is 19.0 Å². The van der Waals surface area contributed by atoms with Crippen LogP contribution in [0.5, 0.6) is 0 Å². The fourth-order valence-corrected chi connectivity index (χ4v) is 4.40. The zero-order chi connectivity index (χ0) is 9.03. The molecule has 3 heteroatoms. The van der Waals surface area contributed by atoms with Crippen molar-refractivity contribution in [1.82, 2.24) is 0 Å². The molecule has 1 heterocycles. The molecule has 0 N–H and O–H groups in total. The molecule has 2 atom stereocenters. The molecule has 1 rings (SSSR count). The number of hydrogen-bond acceptors (Lipinski definition) is 1. The minimum atomic E-state index is -2.21. The zero-order valence-electron chi connectivity index (χ0n) is 7.34. The van der Waals surface area contributed by atoms with Gasteiger partial charge in [-0.05, 0) is 12.8 Å². The third-order valence-electron chi connectivity index (χ3n) is 2.33. The highest BCUT2D eigenvalue weighted by Crippen LogP contribution is 2.49. The van der Waals surface area contributed by atoms with E-state index in [1.54, 1.807) is 6.08 Å². The van der Waals surface area contributed by atoms with Gasteiger partial charge in [-0.15, -0.1) is 6.58 Å². The Labute approximate surface area is 73.4 Å². The van der Waals surface area contributed by atoms with Gasteiger partial charge in [0.05, 0.1) is 7.14 Å². The van der Waals surface area contributed by atoms with Crippen molar-refractivity contribution < 1.29 is 8.96 Å². The zero-order valence-corrected chi connectivity index (χ0v) is 8.23. The third-order valence-corrected chi connectivity index (χ3v) is 5.44. The van der Waals surface area contributed by atoms with Crippen LogP contribution in [0.1, 0.15) is 19.3 Å². The van der Waals surface area contributed by atoms with Gasteiger partial charge < -0.3 is 4.57 Å². The van der Waals surface area contributed by atoms with Crippen LogP contribution in [0.2, 0.25) is 0 Å². The molecule has 1 aliphatic rings. The lowest BCUT2D eigenvalue weighted by molar-refractivity contribution is 0.340. The second-order valence-corrected chi connectivity index (χ2v) is 6.82. The molecular weight excluding hydrogens is 174 g/mol. The Balaban J connectivity index is 2.61. The first kappa shape index (κ1) is 9.98. The first-order valence-electron chi connectivity index (χ1n) is 4.48. The first-order valence-corrected chi connectivity index (χ1v) is 6.74. The van der Waals surface area contributed by atoms with Crippen LogP contribution in [0, 0.1) is 0 Å². The van der Waals surface area contributed by atoms with Crippen LogP contribution in [0.15, 0.2) is 12.7 Å². The van der Waals surface area contributed by atoms with E-state index in [1.807, 2.05) is 0 Å². The summed E-state index contributed by atoms with van der Waals surface area (Å²) in [5, 5.41) is 0. The van der Waals surface area contributed by atoms with E-state index in [2.05, 4.69) is 6.58 Å². The van der Waals surface area contributed by atoms with Crippen molar-refractivity contribution in [1.29, 1.82) is 0 Å².